The van der Waals surface area contributed by atoms with E-state index in [4.69, 9.17) is 9.47 Å². The molecular weight excluding hydrogens is 585 g/mol. The first-order chi connectivity index (χ1) is 20.7. The number of ketones is 1. The van der Waals surface area contributed by atoms with E-state index in [9.17, 15) is 32.3 Å². The Kier molecular flexibility index (Phi) is 13.0. The largest absolute Gasteiger partial charge is 0.573 e. The molecule has 2 heterocycles. The van der Waals surface area contributed by atoms with Crippen LogP contribution in [0, 0.1) is 12.8 Å². The van der Waals surface area contributed by atoms with Gasteiger partial charge >= 0.3 is 6.36 Å². The van der Waals surface area contributed by atoms with Crippen molar-refractivity contribution in [2.24, 2.45) is 5.92 Å². The van der Waals surface area contributed by atoms with E-state index in [2.05, 4.69) is 20.7 Å². The molecule has 0 bridgehead atoms. The Bertz CT molecular complexity index is 1130. The molecule has 3 amide bonds. The molecule has 1 aromatic carbocycles. The van der Waals surface area contributed by atoms with Gasteiger partial charge in [0.05, 0.1) is 39.0 Å². The first-order valence-electron chi connectivity index (χ1n) is 14.9. The Morgan fingerprint density at radius 3 is 2.25 bits per heavy atom. The maximum atomic E-state index is 12.8. The lowest BCUT2D eigenvalue weighted by Gasteiger charge is -2.26. The summed E-state index contributed by atoms with van der Waals surface area (Å²) in [5.41, 5.74) is 0.0866. The number of nitrogens with zero attached hydrogens (tertiary/aromatic N) is 1. The Morgan fingerprint density at radius 2 is 1.68 bits per heavy atom. The lowest BCUT2D eigenvalue weighted by molar-refractivity contribution is -0.274. The molecule has 0 spiro atoms. The first kappa shape index (κ1) is 35.3. The minimum atomic E-state index is -4.60. The topological polar surface area (TPSA) is 139 Å². The number of hydrogen-bond acceptors (Lipinski definition) is 8. The summed E-state index contributed by atoms with van der Waals surface area (Å²) < 4.78 is 49.1. The van der Waals surface area contributed by atoms with Crippen LogP contribution in [0.5, 0.6) is 5.75 Å². The van der Waals surface area contributed by atoms with Gasteiger partial charge in [0.15, 0.2) is 5.78 Å². The highest BCUT2D eigenvalue weighted by Crippen LogP contribution is 2.33. The van der Waals surface area contributed by atoms with Crippen molar-refractivity contribution < 1.29 is 50.8 Å². The molecule has 11 nitrogen and oxygen atoms in total. The van der Waals surface area contributed by atoms with Crippen molar-refractivity contribution in [1.29, 1.82) is 0 Å². The molecule has 1 aliphatic carbocycles. The van der Waals surface area contributed by atoms with E-state index >= 15 is 0 Å². The van der Waals surface area contributed by atoms with E-state index in [0.29, 0.717) is 45.2 Å². The van der Waals surface area contributed by atoms with Crippen molar-refractivity contribution in [2.45, 2.75) is 76.9 Å². The second kappa shape index (κ2) is 16.2. The van der Waals surface area contributed by atoms with Gasteiger partial charge in [-0.15, -0.1) is 13.2 Å². The van der Waals surface area contributed by atoms with Crippen LogP contribution in [0.4, 0.5) is 13.2 Å². The fourth-order valence-electron chi connectivity index (χ4n) is 5.05. The molecule has 2 saturated heterocycles. The zero-order valence-corrected chi connectivity index (χ0v) is 25.5. The Balaban J connectivity index is 0.00000120. The zero-order valence-electron chi connectivity index (χ0n) is 25.5. The summed E-state index contributed by atoms with van der Waals surface area (Å²) in [7, 11) is 0. The van der Waals surface area contributed by atoms with E-state index in [1.807, 2.05) is 4.90 Å². The third-order valence-corrected chi connectivity index (χ3v) is 7.71. The number of carbonyl (C=O) groups excluding carboxylic acids is 4. The van der Waals surface area contributed by atoms with Gasteiger partial charge in [0, 0.05) is 17.4 Å². The number of benzene rings is 1. The van der Waals surface area contributed by atoms with Crippen LogP contribution in [-0.4, -0.2) is 98.5 Å². The normalized spacial score (nSPS) is 21.7. The molecule has 3 aliphatic rings. The molecule has 252 valence electrons. The number of hydrogen-bond donors (Lipinski definition) is 3. The third kappa shape index (κ3) is 12.4. The number of nitrogens with one attached hydrogen (secondary N) is 3. The number of Topliss-reactive ketones (excluding diaryl/α,β-unsaturated/α-hetero) is 1. The number of carbonyl (C=O) groups is 4. The molecule has 4 rings (SSSR count). The standard InChI is InChI=1S/C22H36N4O6.C8H7F3O.3H2/c1-15(24-19(28)13-26-7-9-31-10-8-26)21(30)23-12-18(27)25-17(11-16-5-3-4-6-16)20(29)22(2)14-32-22;1-6-2-4-7(5-3-6)12-8(9,10)11;;;/h15-17H,3-14H2,1-2H3,(H,23,30)(H,24,28)(H,25,27);2-5H,1H3;3*1H/t15-,17-,22+;;;;/m0..../s1. The number of halogens is 3. The molecular formula is C30H49F3N4O7. The van der Waals surface area contributed by atoms with Gasteiger partial charge in [0.25, 0.3) is 0 Å². The number of rotatable bonds is 12. The highest BCUT2D eigenvalue weighted by Gasteiger charge is 2.50. The van der Waals surface area contributed by atoms with E-state index in [-0.39, 0.29) is 34.8 Å². The summed E-state index contributed by atoms with van der Waals surface area (Å²) in [5, 5.41) is 7.98. The van der Waals surface area contributed by atoms with Gasteiger partial charge in [-0.3, -0.25) is 24.1 Å². The van der Waals surface area contributed by atoms with Crippen LogP contribution in [0.15, 0.2) is 24.3 Å². The Morgan fingerprint density at radius 1 is 1.07 bits per heavy atom. The quantitative estimate of drug-likeness (QED) is 0.299. The SMILES string of the molecule is C[C@H](NC(=O)CN1CCOCC1)C(=O)NCC(=O)N[C@@H](CC1CCCC1)C(=O)[C@@]1(C)CO1.Cc1ccc(OC(F)(F)F)cc1.[HH].[HH].[HH]. The molecule has 0 unspecified atom stereocenters. The number of morpholine rings is 1. The summed E-state index contributed by atoms with van der Waals surface area (Å²) in [6.45, 7) is 7.97. The fraction of sp³-hybridized carbons (Fsp3) is 0.667. The van der Waals surface area contributed by atoms with Crippen molar-refractivity contribution in [3.63, 3.8) is 0 Å². The smallest absolute Gasteiger partial charge is 0.406 e. The van der Waals surface area contributed by atoms with Crippen LogP contribution in [0.2, 0.25) is 0 Å². The summed E-state index contributed by atoms with van der Waals surface area (Å²) in [6.07, 6.45) is 0.433. The summed E-state index contributed by atoms with van der Waals surface area (Å²) in [6, 6.07) is 4.29. The van der Waals surface area contributed by atoms with Gasteiger partial charge in [-0.2, -0.15) is 0 Å². The van der Waals surface area contributed by atoms with Crippen molar-refractivity contribution in [3.8, 4) is 5.75 Å². The highest BCUT2D eigenvalue weighted by molar-refractivity contribution is 5.97. The maximum Gasteiger partial charge on any atom is 0.573 e. The predicted molar refractivity (Wildman–Crippen MR) is 160 cm³/mol. The highest BCUT2D eigenvalue weighted by atomic mass is 19.4. The number of amides is 3. The second-order valence-corrected chi connectivity index (χ2v) is 11.6. The van der Waals surface area contributed by atoms with Crippen molar-refractivity contribution in [2.75, 3.05) is 46.0 Å². The van der Waals surface area contributed by atoms with Gasteiger partial charge in [0.1, 0.15) is 17.4 Å². The molecule has 3 N–H and O–H groups in total. The fourth-order valence-corrected chi connectivity index (χ4v) is 5.05. The molecule has 0 radical (unpaired) electrons. The molecule has 3 fully saturated rings. The maximum absolute atomic E-state index is 12.8. The van der Waals surface area contributed by atoms with Crippen LogP contribution in [0.25, 0.3) is 0 Å². The number of epoxide rings is 1. The number of alkyl halides is 3. The van der Waals surface area contributed by atoms with Crippen molar-refractivity contribution in [3.05, 3.63) is 29.8 Å². The van der Waals surface area contributed by atoms with Crippen LogP contribution in [-0.2, 0) is 28.7 Å². The molecule has 14 heteroatoms. The molecule has 3 atom stereocenters. The van der Waals surface area contributed by atoms with Crippen LogP contribution >= 0.6 is 0 Å². The van der Waals surface area contributed by atoms with Gasteiger partial charge < -0.3 is 30.2 Å². The predicted octanol–water partition coefficient (Wildman–Crippen LogP) is 2.99. The lowest BCUT2D eigenvalue weighted by atomic mass is 9.91. The van der Waals surface area contributed by atoms with Gasteiger partial charge in [-0.25, -0.2) is 0 Å². The van der Waals surface area contributed by atoms with E-state index in [1.54, 1.807) is 32.9 Å². The van der Waals surface area contributed by atoms with Crippen LogP contribution < -0.4 is 20.7 Å². The monoisotopic (exact) mass is 634 g/mol. The lowest BCUT2D eigenvalue weighted by Crippen LogP contribution is -2.52. The Hall–Kier alpha value is -3.23. The number of ether oxygens (including phenoxy) is 3. The molecule has 0 aromatic heterocycles. The molecule has 1 saturated carbocycles. The minimum absolute atomic E-state index is 0. The molecule has 2 aliphatic heterocycles. The second-order valence-electron chi connectivity index (χ2n) is 11.6. The van der Waals surface area contributed by atoms with Crippen molar-refractivity contribution in [1.82, 2.24) is 20.9 Å². The minimum Gasteiger partial charge on any atom is -0.406 e. The molecule has 44 heavy (non-hydrogen) atoms. The summed E-state index contributed by atoms with van der Waals surface area (Å²) in [5.74, 6) is -1.000. The van der Waals surface area contributed by atoms with Gasteiger partial charge in [-0.1, -0.05) is 43.4 Å². The summed E-state index contributed by atoms with van der Waals surface area (Å²) in [4.78, 5) is 51.7. The van der Waals surface area contributed by atoms with E-state index in [0.717, 1.165) is 31.2 Å². The van der Waals surface area contributed by atoms with Crippen LogP contribution in [0.1, 0.15) is 55.8 Å². The third-order valence-electron chi connectivity index (χ3n) is 7.71. The number of aryl methyl sites for hydroxylation is 1. The van der Waals surface area contributed by atoms with Gasteiger partial charge in [0.2, 0.25) is 17.7 Å². The summed E-state index contributed by atoms with van der Waals surface area (Å²) >= 11 is 0. The first-order valence-corrected chi connectivity index (χ1v) is 14.9. The van der Waals surface area contributed by atoms with E-state index < -0.39 is 35.9 Å². The average molecular weight is 635 g/mol. The van der Waals surface area contributed by atoms with Crippen molar-refractivity contribution >= 4 is 23.5 Å². The van der Waals surface area contributed by atoms with Crippen LogP contribution in [0.3, 0.4) is 0 Å². The average Bonchev–Trinajstić information content (AvgIpc) is 3.50. The Labute approximate surface area is 260 Å². The molecule has 1 aromatic rings. The zero-order chi connectivity index (χ0) is 32.3. The van der Waals surface area contributed by atoms with E-state index in [1.165, 1.54) is 12.1 Å². The van der Waals surface area contributed by atoms with Gasteiger partial charge in [-0.05, 0) is 45.2 Å².